The zero-order valence-corrected chi connectivity index (χ0v) is 15.1. The number of hydrogen-bond acceptors (Lipinski definition) is 4. The summed E-state index contributed by atoms with van der Waals surface area (Å²) in [6, 6.07) is 4.12. The molecule has 1 atom stereocenters. The molecule has 134 valence electrons. The number of amides is 2. The summed E-state index contributed by atoms with van der Waals surface area (Å²) in [4.78, 5) is 14.2. The van der Waals surface area contributed by atoms with Crippen molar-refractivity contribution in [2.75, 3.05) is 34.4 Å². The maximum Gasteiger partial charge on any atom is 0.317 e. The summed E-state index contributed by atoms with van der Waals surface area (Å²) in [5, 5.41) is 3.01. The van der Waals surface area contributed by atoms with Gasteiger partial charge in [-0.1, -0.05) is 6.07 Å². The number of hydrogen-bond donors (Lipinski definition) is 1. The summed E-state index contributed by atoms with van der Waals surface area (Å²) in [5.41, 5.74) is 0.974. The Hall–Kier alpha value is -2.11. The van der Waals surface area contributed by atoms with Gasteiger partial charge in [0.25, 0.3) is 0 Å². The predicted octanol–water partition coefficient (Wildman–Crippen LogP) is 2.84. The van der Waals surface area contributed by atoms with E-state index in [1.54, 1.807) is 21.3 Å². The third-order valence-electron chi connectivity index (χ3n) is 4.52. The molecule has 1 saturated heterocycles. The van der Waals surface area contributed by atoms with Crippen molar-refractivity contribution in [2.45, 2.75) is 38.6 Å². The van der Waals surface area contributed by atoms with E-state index >= 15 is 0 Å². The molecule has 0 radical (unpaired) electrons. The van der Waals surface area contributed by atoms with E-state index in [0.717, 1.165) is 24.9 Å². The monoisotopic (exact) mass is 336 g/mol. The highest BCUT2D eigenvalue weighted by molar-refractivity contribution is 5.74. The van der Waals surface area contributed by atoms with Crippen LogP contribution in [0.2, 0.25) is 0 Å². The lowest BCUT2D eigenvalue weighted by Gasteiger charge is -2.33. The number of piperidine rings is 1. The Morgan fingerprint density at radius 3 is 2.54 bits per heavy atom. The fraction of sp³-hybridized carbons (Fsp3) is 0.611. The van der Waals surface area contributed by atoms with Gasteiger partial charge in [-0.15, -0.1) is 0 Å². The van der Waals surface area contributed by atoms with Crippen molar-refractivity contribution >= 4 is 6.03 Å². The number of ether oxygens (including phenoxy) is 3. The van der Waals surface area contributed by atoms with Crippen LogP contribution in [0.4, 0.5) is 4.79 Å². The topological polar surface area (TPSA) is 60.0 Å². The average molecular weight is 336 g/mol. The van der Waals surface area contributed by atoms with Crippen molar-refractivity contribution in [2.24, 2.45) is 0 Å². The van der Waals surface area contributed by atoms with Gasteiger partial charge in [0.15, 0.2) is 11.5 Å². The second-order valence-corrected chi connectivity index (χ2v) is 6.01. The summed E-state index contributed by atoms with van der Waals surface area (Å²) in [6.07, 6.45) is 4.03. The number of urea groups is 1. The standard InChI is InChI=1S/C18H28N2O4/c1-13-7-5-6-12-20(13)18(21)19-11-10-14-8-9-15(22-2)17(24-4)16(14)23-3/h8-9,13H,5-7,10-12H2,1-4H3,(H,19,21)/t13-/m1/s1. The molecule has 6 heteroatoms. The van der Waals surface area contributed by atoms with Crippen LogP contribution in [0.15, 0.2) is 12.1 Å². The fourth-order valence-electron chi connectivity index (χ4n) is 3.17. The molecule has 1 heterocycles. The molecule has 2 rings (SSSR count). The zero-order chi connectivity index (χ0) is 17.5. The Balaban J connectivity index is 1.98. The summed E-state index contributed by atoms with van der Waals surface area (Å²) >= 11 is 0. The van der Waals surface area contributed by atoms with Crippen molar-refractivity contribution in [1.29, 1.82) is 0 Å². The van der Waals surface area contributed by atoms with Crippen LogP contribution in [-0.2, 0) is 6.42 Å². The molecule has 0 spiro atoms. The third kappa shape index (κ3) is 4.04. The molecule has 1 N–H and O–H groups in total. The maximum atomic E-state index is 12.3. The van der Waals surface area contributed by atoms with Crippen molar-refractivity contribution < 1.29 is 19.0 Å². The minimum absolute atomic E-state index is 0.0154. The molecular weight excluding hydrogens is 308 g/mol. The van der Waals surface area contributed by atoms with Gasteiger partial charge in [-0.2, -0.15) is 0 Å². The van der Waals surface area contributed by atoms with Crippen molar-refractivity contribution in [3.63, 3.8) is 0 Å². The second kappa shape index (κ2) is 8.66. The number of carbonyl (C=O) groups is 1. The summed E-state index contributed by atoms with van der Waals surface area (Å²) in [6.45, 7) is 3.50. The van der Waals surface area contributed by atoms with Gasteiger partial charge in [0.05, 0.1) is 21.3 Å². The number of rotatable bonds is 6. The van der Waals surface area contributed by atoms with Crippen LogP contribution >= 0.6 is 0 Å². The molecular formula is C18H28N2O4. The molecule has 1 aromatic rings. The third-order valence-corrected chi connectivity index (χ3v) is 4.52. The quantitative estimate of drug-likeness (QED) is 0.868. The maximum absolute atomic E-state index is 12.3. The Morgan fingerprint density at radius 1 is 1.17 bits per heavy atom. The van der Waals surface area contributed by atoms with E-state index in [1.165, 1.54) is 6.42 Å². The lowest BCUT2D eigenvalue weighted by Crippen LogP contribution is -2.47. The number of nitrogens with one attached hydrogen (secondary N) is 1. The smallest absolute Gasteiger partial charge is 0.317 e. The predicted molar refractivity (Wildman–Crippen MR) is 93.2 cm³/mol. The zero-order valence-electron chi connectivity index (χ0n) is 15.1. The Kier molecular flexibility index (Phi) is 6.58. The number of benzene rings is 1. The van der Waals surface area contributed by atoms with E-state index in [4.69, 9.17) is 14.2 Å². The van der Waals surface area contributed by atoms with Gasteiger partial charge < -0.3 is 24.4 Å². The lowest BCUT2D eigenvalue weighted by molar-refractivity contribution is 0.158. The van der Waals surface area contributed by atoms with Crippen LogP contribution in [0.3, 0.4) is 0 Å². The largest absolute Gasteiger partial charge is 0.493 e. The number of nitrogens with zero attached hydrogens (tertiary/aromatic N) is 1. The lowest BCUT2D eigenvalue weighted by atomic mass is 10.0. The van der Waals surface area contributed by atoms with Crippen molar-refractivity contribution in [1.82, 2.24) is 10.2 Å². The highest BCUT2D eigenvalue weighted by Gasteiger charge is 2.23. The number of methoxy groups -OCH3 is 3. The highest BCUT2D eigenvalue weighted by Crippen LogP contribution is 2.39. The second-order valence-electron chi connectivity index (χ2n) is 6.01. The van der Waals surface area contributed by atoms with E-state index in [1.807, 2.05) is 17.0 Å². The summed E-state index contributed by atoms with van der Waals surface area (Å²) in [5.74, 6) is 1.86. The van der Waals surface area contributed by atoms with E-state index < -0.39 is 0 Å². The summed E-state index contributed by atoms with van der Waals surface area (Å²) in [7, 11) is 4.79. The molecule has 1 fully saturated rings. The molecule has 0 aromatic heterocycles. The number of likely N-dealkylation sites (tertiary alicyclic amines) is 1. The first-order valence-electron chi connectivity index (χ1n) is 8.44. The molecule has 2 amide bonds. The highest BCUT2D eigenvalue weighted by atomic mass is 16.5. The van der Waals surface area contributed by atoms with Crippen LogP contribution in [0.1, 0.15) is 31.7 Å². The van der Waals surface area contributed by atoms with Crippen LogP contribution in [0.5, 0.6) is 17.2 Å². The Bertz CT molecular complexity index is 562. The van der Waals surface area contributed by atoms with Gasteiger partial charge >= 0.3 is 6.03 Å². The first kappa shape index (κ1) is 18.2. The average Bonchev–Trinajstić information content (AvgIpc) is 2.61. The minimum Gasteiger partial charge on any atom is -0.493 e. The van der Waals surface area contributed by atoms with E-state index in [0.29, 0.717) is 36.3 Å². The van der Waals surface area contributed by atoms with Crippen molar-refractivity contribution in [3.05, 3.63) is 17.7 Å². The molecule has 0 bridgehead atoms. The van der Waals surface area contributed by atoms with Crippen LogP contribution < -0.4 is 19.5 Å². The van der Waals surface area contributed by atoms with Gasteiger partial charge in [0, 0.05) is 24.7 Å². The van der Waals surface area contributed by atoms with Gasteiger partial charge in [-0.3, -0.25) is 0 Å². The first-order valence-corrected chi connectivity index (χ1v) is 8.44. The molecule has 1 aromatic carbocycles. The molecule has 24 heavy (non-hydrogen) atoms. The molecule has 6 nitrogen and oxygen atoms in total. The molecule has 1 aliphatic rings. The normalized spacial score (nSPS) is 17.3. The first-order chi connectivity index (χ1) is 11.6. The van der Waals surface area contributed by atoms with E-state index in [9.17, 15) is 4.79 Å². The molecule has 1 aliphatic heterocycles. The van der Waals surface area contributed by atoms with Gasteiger partial charge in [-0.25, -0.2) is 4.79 Å². The van der Waals surface area contributed by atoms with Crippen molar-refractivity contribution in [3.8, 4) is 17.2 Å². The molecule has 0 aliphatic carbocycles. The van der Waals surface area contributed by atoms with E-state index in [-0.39, 0.29) is 6.03 Å². The fourth-order valence-corrected chi connectivity index (χ4v) is 3.17. The van der Waals surface area contributed by atoms with Crippen LogP contribution in [0.25, 0.3) is 0 Å². The minimum atomic E-state index is 0.0154. The molecule has 0 saturated carbocycles. The SMILES string of the molecule is COc1ccc(CCNC(=O)N2CCCC[C@H]2C)c(OC)c1OC. The summed E-state index contributed by atoms with van der Waals surface area (Å²) < 4.78 is 16.1. The van der Waals surface area contributed by atoms with E-state index in [2.05, 4.69) is 12.2 Å². The Labute approximate surface area is 144 Å². The van der Waals surface area contributed by atoms with Gasteiger partial charge in [0.1, 0.15) is 0 Å². The van der Waals surface area contributed by atoms with Gasteiger partial charge in [-0.05, 0) is 38.7 Å². The Morgan fingerprint density at radius 2 is 1.92 bits per heavy atom. The van der Waals surface area contributed by atoms with Gasteiger partial charge in [0.2, 0.25) is 5.75 Å². The van der Waals surface area contributed by atoms with Crippen LogP contribution in [-0.4, -0.2) is 51.4 Å². The van der Waals surface area contributed by atoms with Crippen LogP contribution in [0, 0.1) is 0 Å². The number of carbonyl (C=O) groups excluding carboxylic acids is 1. The molecule has 0 unspecified atom stereocenters.